The van der Waals surface area contributed by atoms with E-state index in [2.05, 4.69) is 20.8 Å². The largest absolute Gasteiger partial charge is 0.0651 e. The molecule has 2 saturated carbocycles. The molecule has 0 radical (unpaired) electrons. The van der Waals surface area contributed by atoms with Gasteiger partial charge in [-0.15, -0.1) is 0 Å². The molecule has 0 aliphatic heterocycles. The first-order chi connectivity index (χ1) is 6.66. The highest BCUT2D eigenvalue weighted by Gasteiger charge is 2.44. The van der Waals surface area contributed by atoms with Gasteiger partial charge in [-0.2, -0.15) is 0 Å². The van der Waals surface area contributed by atoms with Gasteiger partial charge in [0.05, 0.1) is 0 Å². The van der Waals surface area contributed by atoms with Crippen LogP contribution in [-0.4, -0.2) is 0 Å². The summed E-state index contributed by atoms with van der Waals surface area (Å²) < 4.78 is 0. The van der Waals surface area contributed by atoms with Crippen LogP contribution in [0.2, 0.25) is 0 Å². The van der Waals surface area contributed by atoms with Crippen molar-refractivity contribution >= 4 is 0 Å². The van der Waals surface area contributed by atoms with Crippen LogP contribution in [0.3, 0.4) is 0 Å². The second-order valence-electron chi connectivity index (χ2n) is 6.18. The molecular formula is C14H26. The molecule has 0 N–H and O–H groups in total. The van der Waals surface area contributed by atoms with Gasteiger partial charge in [0.25, 0.3) is 0 Å². The molecule has 0 saturated heterocycles. The Morgan fingerprint density at radius 1 is 1.14 bits per heavy atom. The molecule has 82 valence electrons. The second kappa shape index (κ2) is 3.87. The molecule has 2 aliphatic rings. The van der Waals surface area contributed by atoms with Crippen LogP contribution < -0.4 is 0 Å². The minimum absolute atomic E-state index is 0.752. The van der Waals surface area contributed by atoms with Crippen LogP contribution >= 0.6 is 0 Å². The maximum atomic E-state index is 2.46. The van der Waals surface area contributed by atoms with Crippen molar-refractivity contribution in [1.82, 2.24) is 0 Å². The van der Waals surface area contributed by atoms with E-state index in [0.717, 1.165) is 23.2 Å². The monoisotopic (exact) mass is 194 g/mol. The fourth-order valence-electron chi connectivity index (χ4n) is 3.96. The Bertz CT molecular complexity index is 194. The van der Waals surface area contributed by atoms with Gasteiger partial charge in [0, 0.05) is 0 Å². The highest BCUT2D eigenvalue weighted by molar-refractivity contribution is 4.95. The van der Waals surface area contributed by atoms with E-state index in [1.165, 1.54) is 38.5 Å². The Labute approximate surface area is 89.5 Å². The lowest BCUT2D eigenvalue weighted by Gasteiger charge is -2.36. The summed E-state index contributed by atoms with van der Waals surface area (Å²) in [6, 6.07) is 0. The van der Waals surface area contributed by atoms with Gasteiger partial charge >= 0.3 is 0 Å². The van der Waals surface area contributed by atoms with E-state index in [-0.39, 0.29) is 0 Å². The van der Waals surface area contributed by atoms with Crippen LogP contribution in [0.5, 0.6) is 0 Å². The number of hydrogen-bond acceptors (Lipinski definition) is 0. The Hall–Kier alpha value is 0. The number of fused-ring (bicyclic) bond motifs is 2. The summed E-state index contributed by atoms with van der Waals surface area (Å²) in [5.74, 6) is 3.05. The van der Waals surface area contributed by atoms with E-state index in [9.17, 15) is 0 Å². The molecule has 0 nitrogen and oxygen atoms in total. The molecule has 0 spiro atoms. The summed E-state index contributed by atoms with van der Waals surface area (Å²) >= 11 is 0. The van der Waals surface area contributed by atoms with Gasteiger partial charge in [0.2, 0.25) is 0 Å². The molecule has 0 aromatic heterocycles. The van der Waals surface area contributed by atoms with Crippen LogP contribution in [0.25, 0.3) is 0 Å². The van der Waals surface area contributed by atoms with E-state index >= 15 is 0 Å². The molecule has 0 aromatic carbocycles. The van der Waals surface area contributed by atoms with E-state index in [1.807, 2.05) is 0 Å². The average molecular weight is 194 g/mol. The second-order valence-corrected chi connectivity index (χ2v) is 6.18. The number of hydrogen-bond donors (Lipinski definition) is 0. The molecule has 2 rings (SSSR count). The van der Waals surface area contributed by atoms with Crippen molar-refractivity contribution < 1.29 is 0 Å². The lowest BCUT2D eigenvalue weighted by Crippen LogP contribution is -2.26. The summed E-state index contributed by atoms with van der Waals surface area (Å²) in [4.78, 5) is 0. The molecule has 3 unspecified atom stereocenters. The van der Waals surface area contributed by atoms with Crippen molar-refractivity contribution in [3.8, 4) is 0 Å². The molecule has 0 aromatic rings. The first-order valence-corrected chi connectivity index (χ1v) is 6.66. The zero-order chi connectivity index (χ0) is 10.2. The third-order valence-corrected chi connectivity index (χ3v) is 5.23. The fraction of sp³-hybridized carbons (Fsp3) is 1.00. The molecular weight excluding hydrogens is 168 g/mol. The normalized spacial score (nSPS) is 42.9. The summed E-state index contributed by atoms with van der Waals surface area (Å²) in [7, 11) is 0. The van der Waals surface area contributed by atoms with Gasteiger partial charge in [-0.3, -0.25) is 0 Å². The zero-order valence-electron chi connectivity index (χ0n) is 10.2. The SMILES string of the molecule is CCC1CCC2CCC(C(C)C)(C1)C2. The van der Waals surface area contributed by atoms with Gasteiger partial charge in [0.1, 0.15) is 0 Å². The predicted molar refractivity (Wildman–Crippen MR) is 62.2 cm³/mol. The molecule has 3 atom stereocenters. The highest BCUT2D eigenvalue weighted by atomic mass is 14.5. The van der Waals surface area contributed by atoms with Crippen LogP contribution in [-0.2, 0) is 0 Å². The zero-order valence-corrected chi connectivity index (χ0v) is 10.2. The molecule has 0 heterocycles. The summed E-state index contributed by atoms with van der Waals surface area (Å²) in [6.07, 6.45) is 10.6. The maximum Gasteiger partial charge on any atom is -0.0269 e. The van der Waals surface area contributed by atoms with E-state index in [4.69, 9.17) is 0 Å². The molecule has 0 heteroatoms. The summed E-state index contributed by atoms with van der Waals surface area (Å²) in [5, 5.41) is 0. The van der Waals surface area contributed by atoms with Crippen molar-refractivity contribution in [1.29, 1.82) is 0 Å². The van der Waals surface area contributed by atoms with Gasteiger partial charge in [-0.05, 0) is 48.9 Å². The van der Waals surface area contributed by atoms with E-state index in [0.29, 0.717) is 0 Å². The number of rotatable bonds is 2. The molecule has 2 fully saturated rings. The third-order valence-electron chi connectivity index (χ3n) is 5.23. The van der Waals surface area contributed by atoms with Crippen molar-refractivity contribution in [2.24, 2.45) is 23.2 Å². The summed E-state index contributed by atoms with van der Waals surface area (Å²) in [5.41, 5.74) is 0.752. The molecule has 2 bridgehead atoms. The van der Waals surface area contributed by atoms with Gasteiger partial charge in [-0.1, -0.05) is 40.0 Å². The van der Waals surface area contributed by atoms with E-state index in [1.54, 1.807) is 6.42 Å². The maximum absolute atomic E-state index is 2.46. The van der Waals surface area contributed by atoms with Crippen LogP contribution in [0.4, 0.5) is 0 Å². The third kappa shape index (κ3) is 1.73. The minimum Gasteiger partial charge on any atom is -0.0651 e. The first kappa shape index (κ1) is 10.5. The topological polar surface area (TPSA) is 0 Å². The molecule has 2 aliphatic carbocycles. The van der Waals surface area contributed by atoms with Gasteiger partial charge in [-0.25, -0.2) is 0 Å². The fourth-order valence-corrected chi connectivity index (χ4v) is 3.96. The van der Waals surface area contributed by atoms with E-state index < -0.39 is 0 Å². The lowest BCUT2D eigenvalue weighted by atomic mass is 9.70. The molecule has 14 heavy (non-hydrogen) atoms. The van der Waals surface area contributed by atoms with Gasteiger partial charge < -0.3 is 0 Å². The average Bonchev–Trinajstić information content (AvgIpc) is 2.44. The van der Waals surface area contributed by atoms with Crippen molar-refractivity contribution in [3.05, 3.63) is 0 Å². The smallest absolute Gasteiger partial charge is 0.0269 e. The first-order valence-electron chi connectivity index (χ1n) is 6.66. The van der Waals surface area contributed by atoms with Crippen LogP contribution in [0.15, 0.2) is 0 Å². The van der Waals surface area contributed by atoms with Crippen molar-refractivity contribution in [2.75, 3.05) is 0 Å². The quantitative estimate of drug-likeness (QED) is 0.601. The predicted octanol–water partition coefficient (Wildman–Crippen LogP) is 4.64. The van der Waals surface area contributed by atoms with Crippen molar-refractivity contribution in [3.63, 3.8) is 0 Å². The van der Waals surface area contributed by atoms with Crippen molar-refractivity contribution in [2.45, 2.75) is 65.7 Å². The Morgan fingerprint density at radius 3 is 2.57 bits per heavy atom. The Kier molecular flexibility index (Phi) is 2.91. The van der Waals surface area contributed by atoms with Crippen LogP contribution in [0.1, 0.15) is 65.7 Å². The highest BCUT2D eigenvalue weighted by Crippen LogP contribution is 2.55. The lowest BCUT2D eigenvalue weighted by molar-refractivity contribution is 0.146. The molecule has 0 amide bonds. The Morgan fingerprint density at radius 2 is 1.93 bits per heavy atom. The van der Waals surface area contributed by atoms with Gasteiger partial charge in [0.15, 0.2) is 0 Å². The van der Waals surface area contributed by atoms with Crippen LogP contribution in [0, 0.1) is 23.2 Å². The summed E-state index contributed by atoms with van der Waals surface area (Å²) in [6.45, 7) is 7.30. The minimum atomic E-state index is 0.752. The Balaban J connectivity index is 2.13. The standard InChI is InChI=1S/C14H26/c1-4-12-5-6-13-7-8-14(9-12,10-13)11(2)3/h11-13H,4-10H2,1-3H3.